The maximum atomic E-state index is 9.88. The summed E-state index contributed by atoms with van der Waals surface area (Å²) in [4.78, 5) is 4.22. The van der Waals surface area contributed by atoms with E-state index < -0.39 is 0 Å². The number of hydrogen-bond donors (Lipinski definition) is 2. The summed E-state index contributed by atoms with van der Waals surface area (Å²) in [6.07, 6.45) is 1.67. The van der Waals surface area contributed by atoms with Crippen molar-refractivity contribution in [3.05, 3.63) is 59.2 Å². The van der Waals surface area contributed by atoms with Crippen LogP contribution in [0.1, 0.15) is 5.56 Å². The Morgan fingerprint density at radius 3 is 2.91 bits per heavy atom. The molecule has 1 heterocycles. The lowest BCUT2D eigenvalue weighted by Crippen LogP contribution is -2.02. The summed E-state index contributed by atoms with van der Waals surface area (Å²) in [6.45, 7) is 0.584. The van der Waals surface area contributed by atoms with Crippen molar-refractivity contribution < 1.29 is 9.84 Å². The number of phenolic OH excluding ortho intramolecular Hbond substituents is 1. The van der Waals surface area contributed by atoms with Crippen LogP contribution in [0.3, 0.4) is 0 Å². The summed E-state index contributed by atoms with van der Waals surface area (Å²) in [7, 11) is 1.61. The van der Waals surface area contributed by atoms with Crippen molar-refractivity contribution >= 4 is 28.2 Å². The Bertz CT molecular complexity index is 821. The first-order valence-corrected chi connectivity index (χ1v) is 7.20. The van der Waals surface area contributed by atoms with Crippen molar-refractivity contribution in [1.29, 1.82) is 0 Å². The van der Waals surface area contributed by atoms with Crippen LogP contribution < -0.4 is 10.1 Å². The topological polar surface area (TPSA) is 54.4 Å². The van der Waals surface area contributed by atoms with E-state index in [1.165, 1.54) is 0 Å². The molecule has 0 bridgehead atoms. The van der Waals surface area contributed by atoms with E-state index in [9.17, 15) is 5.11 Å². The first-order valence-electron chi connectivity index (χ1n) is 6.82. The average Bonchev–Trinajstić information content (AvgIpc) is 2.55. The monoisotopic (exact) mass is 314 g/mol. The van der Waals surface area contributed by atoms with Gasteiger partial charge in [-0.3, -0.25) is 4.98 Å². The maximum absolute atomic E-state index is 9.88. The number of aromatic hydroxyl groups is 1. The molecule has 4 nitrogen and oxygen atoms in total. The van der Waals surface area contributed by atoms with Crippen LogP contribution in [0, 0.1) is 0 Å². The third kappa shape index (κ3) is 2.78. The number of fused-ring (bicyclic) bond motifs is 1. The third-order valence-corrected chi connectivity index (χ3v) is 3.71. The van der Waals surface area contributed by atoms with Gasteiger partial charge in [0.15, 0.2) is 0 Å². The number of hydrogen-bond acceptors (Lipinski definition) is 4. The van der Waals surface area contributed by atoms with Crippen LogP contribution >= 0.6 is 11.6 Å². The fourth-order valence-corrected chi connectivity index (χ4v) is 2.53. The van der Waals surface area contributed by atoms with Crippen LogP contribution in [0.5, 0.6) is 11.5 Å². The molecule has 112 valence electrons. The number of halogens is 1. The molecular formula is C17H15ClN2O2. The normalized spacial score (nSPS) is 10.6. The van der Waals surface area contributed by atoms with Gasteiger partial charge in [0, 0.05) is 29.2 Å². The molecule has 0 fully saturated rings. The number of nitrogens with zero attached hydrogens (tertiary/aromatic N) is 1. The number of rotatable bonds is 4. The molecular weight excluding hydrogens is 300 g/mol. The third-order valence-electron chi connectivity index (χ3n) is 3.47. The van der Waals surface area contributed by atoms with E-state index in [1.54, 1.807) is 25.4 Å². The highest BCUT2D eigenvalue weighted by atomic mass is 35.5. The Balaban J connectivity index is 1.90. The Morgan fingerprint density at radius 1 is 1.23 bits per heavy atom. The molecule has 0 saturated carbocycles. The van der Waals surface area contributed by atoms with Gasteiger partial charge in [0.05, 0.1) is 12.8 Å². The van der Waals surface area contributed by atoms with Crippen molar-refractivity contribution in [2.24, 2.45) is 0 Å². The molecule has 1 aromatic heterocycles. The van der Waals surface area contributed by atoms with Gasteiger partial charge in [-0.05, 0) is 29.8 Å². The molecule has 22 heavy (non-hydrogen) atoms. The Labute approximate surface area is 133 Å². The predicted octanol–water partition coefficient (Wildman–Crippen LogP) is 4.21. The van der Waals surface area contributed by atoms with Gasteiger partial charge in [0.25, 0.3) is 0 Å². The summed E-state index contributed by atoms with van der Waals surface area (Å²) in [5.74, 6) is 0.872. The van der Waals surface area contributed by atoms with E-state index in [0.717, 1.165) is 16.6 Å². The molecule has 5 heteroatoms. The Kier molecular flexibility index (Phi) is 4.02. The van der Waals surface area contributed by atoms with E-state index in [1.807, 2.05) is 30.3 Å². The molecule has 2 N–H and O–H groups in total. The van der Waals surface area contributed by atoms with Crippen molar-refractivity contribution in [3.63, 3.8) is 0 Å². The van der Waals surface area contributed by atoms with Crippen molar-refractivity contribution in [2.45, 2.75) is 6.54 Å². The van der Waals surface area contributed by atoms with Gasteiger partial charge in [-0.25, -0.2) is 0 Å². The zero-order chi connectivity index (χ0) is 15.5. The largest absolute Gasteiger partial charge is 0.506 e. The fraction of sp³-hybridized carbons (Fsp3) is 0.118. The van der Waals surface area contributed by atoms with E-state index in [0.29, 0.717) is 22.8 Å². The number of benzene rings is 2. The van der Waals surface area contributed by atoms with Crippen LogP contribution in [0.4, 0.5) is 5.69 Å². The van der Waals surface area contributed by atoms with E-state index in [4.69, 9.17) is 16.3 Å². The lowest BCUT2D eigenvalue weighted by atomic mass is 10.1. The molecule has 0 aliphatic heterocycles. The molecule has 3 rings (SSSR count). The summed E-state index contributed by atoms with van der Waals surface area (Å²) in [6, 6.07) is 12.8. The van der Waals surface area contributed by atoms with Gasteiger partial charge in [0.1, 0.15) is 17.0 Å². The van der Waals surface area contributed by atoms with Crippen molar-refractivity contribution in [2.75, 3.05) is 12.4 Å². The molecule has 0 atom stereocenters. The molecule has 0 radical (unpaired) electrons. The van der Waals surface area contributed by atoms with Crippen LogP contribution in [0.2, 0.25) is 5.02 Å². The smallest absolute Gasteiger partial charge is 0.143 e. The summed E-state index contributed by atoms with van der Waals surface area (Å²) in [5.41, 5.74) is 2.50. The molecule has 2 aromatic carbocycles. The van der Waals surface area contributed by atoms with Crippen LogP contribution in [-0.4, -0.2) is 17.2 Å². The molecule has 0 aliphatic rings. The standard InChI is InChI=1S/C17H15ClN2O2/c1-22-16-9-12(18)5-6-14(16)20-10-11-4-7-15(21)17-13(11)3-2-8-19-17/h2-9,20-21H,10H2,1H3. The molecule has 0 saturated heterocycles. The second-order valence-corrected chi connectivity index (χ2v) is 5.28. The number of nitrogens with one attached hydrogen (secondary N) is 1. The lowest BCUT2D eigenvalue weighted by Gasteiger charge is -2.13. The molecule has 0 aliphatic carbocycles. The first-order chi connectivity index (χ1) is 10.7. The van der Waals surface area contributed by atoms with Gasteiger partial charge >= 0.3 is 0 Å². The highest BCUT2D eigenvalue weighted by Crippen LogP contribution is 2.30. The van der Waals surface area contributed by atoms with Gasteiger partial charge in [0.2, 0.25) is 0 Å². The summed E-state index contributed by atoms with van der Waals surface area (Å²) < 4.78 is 5.32. The van der Waals surface area contributed by atoms with Crippen molar-refractivity contribution in [3.8, 4) is 11.5 Å². The maximum Gasteiger partial charge on any atom is 0.143 e. The van der Waals surface area contributed by atoms with Crippen molar-refractivity contribution in [1.82, 2.24) is 4.98 Å². The van der Waals surface area contributed by atoms with Gasteiger partial charge in [-0.15, -0.1) is 0 Å². The number of methoxy groups -OCH3 is 1. The molecule has 0 spiro atoms. The van der Waals surface area contributed by atoms with Gasteiger partial charge in [-0.2, -0.15) is 0 Å². The average molecular weight is 315 g/mol. The summed E-state index contributed by atoms with van der Waals surface area (Å²) in [5, 5.41) is 14.7. The van der Waals surface area contributed by atoms with E-state index in [2.05, 4.69) is 10.3 Å². The Morgan fingerprint density at radius 2 is 2.09 bits per heavy atom. The molecule has 0 amide bonds. The second-order valence-electron chi connectivity index (χ2n) is 4.84. The fourth-order valence-electron chi connectivity index (χ4n) is 2.37. The second kappa shape index (κ2) is 6.12. The number of anilines is 1. The predicted molar refractivity (Wildman–Crippen MR) is 88.7 cm³/mol. The highest BCUT2D eigenvalue weighted by Gasteiger charge is 2.08. The van der Waals surface area contributed by atoms with Crippen LogP contribution in [0.15, 0.2) is 48.7 Å². The minimum Gasteiger partial charge on any atom is -0.506 e. The number of ether oxygens (including phenoxy) is 1. The van der Waals surface area contributed by atoms with E-state index in [-0.39, 0.29) is 5.75 Å². The number of aromatic nitrogens is 1. The van der Waals surface area contributed by atoms with Crippen LogP contribution in [-0.2, 0) is 6.54 Å². The molecule has 0 unspecified atom stereocenters. The highest BCUT2D eigenvalue weighted by molar-refractivity contribution is 6.30. The van der Waals surface area contributed by atoms with Gasteiger partial charge in [-0.1, -0.05) is 23.7 Å². The Hall–Kier alpha value is -2.46. The summed E-state index contributed by atoms with van der Waals surface area (Å²) >= 11 is 5.96. The first kappa shape index (κ1) is 14.5. The quantitative estimate of drug-likeness (QED) is 0.757. The number of pyridine rings is 1. The van der Waals surface area contributed by atoms with E-state index >= 15 is 0 Å². The number of phenols is 1. The lowest BCUT2D eigenvalue weighted by molar-refractivity contribution is 0.416. The van der Waals surface area contributed by atoms with Gasteiger partial charge < -0.3 is 15.2 Å². The minimum atomic E-state index is 0.184. The SMILES string of the molecule is COc1cc(Cl)ccc1NCc1ccc(O)c2ncccc12. The zero-order valence-electron chi connectivity index (χ0n) is 12.0. The minimum absolute atomic E-state index is 0.184. The van der Waals surface area contributed by atoms with Crippen LogP contribution in [0.25, 0.3) is 10.9 Å². The molecule has 3 aromatic rings. The zero-order valence-corrected chi connectivity index (χ0v) is 12.8.